The molecule has 0 unspecified atom stereocenters. The molecule has 9 heteroatoms. The lowest BCUT2D eigenvalue weighted by Crippen LogP contribution is -2.47. The largest absolute Gasteiger partial charge is 0.495 e. The number of hydrogen-bond donors (Lipinski definition) is 1. The van der Waals surface area contributed by atoms with Crippen molar-refractivity contribution >= 4 is 34.9 Å². The molecule has 1 saturated heterocycles. The number of anilines is 3. The Kier molecular flexibility index (Phi) is 8.08. The summed E-state index contributed by atoms with van der Waals surface area (Å²) in [5.74, 6) is 2.68. The van der Waals surface area contributed by atoms with Crippen LogP contribution in [0, 0.1) is 0 Å². The van der Waals surface area contributed by atoms with Crippen molar-refractivity contribution in [1.29, 1.82) is 0 Å². The van der Waals surface area contributed by atoms with Crippen LogP contribution in [0.25, 0.3) is 0 Å². The first-order valence-corrected chi connectivity index (χ1v) is 12.3. The van der Waals surface area contributed by atoms with E-state index in [1.54, 1.807) is 13.3 Å². The lowest BCUT2D eigenvalue weighted by molar-refractivity contribution is -0.113. The average Bonchev–Trinajstić information content (AvgIpc) is 2.89. The van der Waals surface area contributed by atoms with Gasteiger partial charge in [0.05, 0.1) is 25.2 Å². The second-order valence-electron chi connectivity index (χ2n) is 7.64. The van der Waals surface area contributed by atoms with E-state index in [2.05, 4.69) is 31.2 Å². The molecule has 3 aromatic rings. The van der Waals surface area contributed by atoms with Crippen LogP contribution in [0.1, 0.15) is 6.92 Å². The van der Waals surface area contributed by atoms with Gasteiger partial charge >= 0.3 is 0 Å². The Bertz CT molecular complexity index is 1090. The number of benzene rings is 2. The van der Waals surface area contributed by atoms with Crippen molar-refractivity contribution in [2.45, 2.75) is 12.1 Å². The molecule has 1 N–H and O–H groups in total. The number of nitrogens with one attached hydrogen (secondary N) is 1. The van der Waals surface area contributed by atoms with Crippen LogP contribution in [-0.2, 0) is 4.79 Å². The van der Waals surface area contributed by atoms with Crippen LogP contribution < -0.4 is 24.6 Å². The molecule has 4 rings (SSSR count). The zero-order valence-corrected chi connectivity index (χ0v) is 20.3. The Morgan fingerprint density at radius 3 is 2.50 bits per heavy atom. The number of aromatic nitrogens is 2. The van der Waals surface area contributed by atoms with Gasteiger partial charge in [0.15, 0.2) is 5.16 Å². The molecule has 1 aliphatic rings. The Balaban J connectivity index is 1.29. The summed E-state index contributed by atoms with van der Waals surface area (Å²) in [5, 5.41) is 3.48. The number of para-hydroxylation sites is 2. The molecule has 34 heavy (non-hydrogen) atoms. The van der Waals surface area contributed by atoms with Gasteiger partial charge in [0.2, 0.25) is 5.91 Å². The SMILES string of the molecule is CCOc1ccc(NC(=O)CSc2nccc(N3CCN(c4ccccc4OC)CC3)n2)cc1. The van der Waals surface area contributed by atoms with Gasteiger partial charge in [-0.2, -0.15) is 0 Å². The molecule has 8 nitrogen and oxygen atoms in total. The fourth-order valence-electron chi connectivity index (χ4n) is 3.77. The summed E-state index contributed by atoms with van der Waals surface area (Å²) in [6.07, 6.45) is 1.75. The maximum atomic E-state index is 12.4. The number of amides is 1. The molecule has 1 amide bonds. The molecule has 1 fully saturated rings. The third-order valence-corrected chi connectivity index (χ3v) is 6.29. The molecule has 0 radical (unpaired) electrons. The standard InChI is InChI=1S/C25H29N5O3S/c1-3-33-20-10-8-19(9-11-20)27-24(31)18-34-25-26-13-12-23(28-25)30-16-14-29(15-17-30)21-6-4-5-7-22(21)32-2/h4-13H,3,14-18H2,1-2H3,(H,27,31). The normalized spacial score (nSPS) is 13.5. The summed E-state index contributed by atoms with van der Waals surface area (Å²) >= 11 is 1.33. The fraction of sp³-hybridized carbons (Fsp3) is 0.320. The molecule has 1 aliphatic heterocycles. The van der Waals surface area contributed by atoms with Gasteiger partial charge in [-0.25, -0.2) is 9.97 Å². The van der Waals surface area contributed by atoms with Crippen LogP contribution >= 0.6 is 11.8 Å². The highest BCUT2D eigenvalue weighted by atomic mass is 32.2. The minimum Gasteiger partial charge on any atom is -0.495 e. The molecule has 1 aromatic heterocycles. The highest BCUT2D eigenvalue weighted by molar-refractivity contribution is 7.99. The highest BCUT2D eigenvalue weighted by Crippen LogP contribution is 2.29. The minimum absolute atomic E-state index is 0.103. The van der Waals surface area contributed by atoms with Crippen molar-refractivity contribution in [1.82, 2.24) is 9.97 Å². The molecular weight excluding hydrogens is 450 g/mol. The van der Waals surface area contributed by atoms with E-state index >= 15 is 0 Å². The summed E-state index contributed by atoms with van der Waals surface area (Å²) < 4.78 is 10.9. The second kappa shape index (κ2) is 11.6. The van der Waals surface area contributed by atoms with Gasteiger partial charge in [-0.3, -0.25) is 4.79 Å². The van der Waals surface area contributed by atoms with Crippen LogP contribution in [0.15, 0.2) is 66.0 Å². The predicted octanol–water partition coefficient (Wildman–Crippen LogP) is 3.94. The van der Waals surface area contributed by atoms with E-state index in [4.69, 9.17) is 9.47 Å². The molecule has 2 aromatic carbocycles. The number of piperazine rings is 1. The van der Waals surface area contributed by atoms with Gasteiger partial charge in [0.25, 0.3) is 0 Å². The van der Waals surface area contributed by atoms with E-state index in [1.165, 1.54) is 11.8 Å². The van der Waals surface area contributed by atoms with Gasteiger partial charge < -0.3 is 24.6 Å². The number of methoxy groups -OCH3 is 1. The van der Waals surface area contributed by atoms with Crippen LogP contribution in [0.2, 0.25) is 0 Å². The fourth-order valence-corrected chi connectivity index (χ4v) is 4.40. The first kappa shape index (κ1) is 23.7. The van der Waals surface area contributed by atoms with E-state index in [0.29, 0.717) is 11.8 Å². The molecule has 0 atom stereocenters. The number of nitrogens with zero attached hydrogens (tertiary/aromatic N) is 4. The molecule has 2 heterocycles. The number of carbonyl (C=O) groups excluding carboxylic acids is 1. The van der Waals surface area contributed by atoms with E-state index < -0.39 is 0 Å². The third kappa shape index (κ3) is 6.11. The first-order valence-electron chi connectivity index (χ1n) is 11.3. The maximum absolute atomic E-state index is 12.4. The van der Waals surface area contributed by atoms with Crippen molar-refractivity contribution in [3.8, 4) is 11.5 Å². The number of rotatable bonds is 9. The predicted molar refractivity (Wildman–Crippen MR) is 136 cm³/mol. The lowest BCUT2D eigenvalue weighted by Gasteiger charge is -2.37. The quantitative estimate of drug-likeness (QED) is 0.365. The molecule has 0 saturated carbocycles. The second-order valence-corrected chi connectivity index (χ2v) is 8.58. The van der Waals surface area contributed by atoms with Crippen LogP contribution in [0.5, 0.6) is 11.5 Å². The Labute approximate surface area is 204 Å². The van der Waals surface area contributed by atoms with Crippen molar-refractivity contribution in [3.05, 3.63) is 60.8 Å². The summed E-state index contributed by atoms with van der Waals surface area (Å²) in [5.41, 5.74) is 1.85. The van der Waals surface area contributed by atoms with Crippen molar-refractivity contribution in [2.24, 2.45) is 0 Å². The monoisotopic (exact) mass is 479 g/mol. The van der Waals surface area contributed by atoms with Crippen LogP contribution in [0.4, 0.5) is 17.2 Å². The molecule has 0 bridgehead atoms. The molecule has 0 aliphatic carbocycles. The lowest BCUT2D eigenvalue weighted by atomic mass is 10.2. The van der Waals surface area contributed by atoms with Gasteiger partial charge in [0.1, 0.15) is 17.3 Å². The van der Waals surface area contributed by atoms with Crippen molar-refractivity contribution in [3.63, 3.8) is 0 Å². The van der Waals surface area contributed by atoms with Gasteiger partial charge in [0, 0.05) is 38.1 Å². The van der Waals surface area contributed by atoms with E-state index in [1.807, 2.05) is 55.5 Å². The summed E-state index contributed by atoms with van der Waals surface area (Å²) in [6, 6.07) is 17.3. The zero-order valence-electron chi connectivity index (χ0n) is 19.4. The van der Waals surface area contributed by atoms with E-state index in [0.717, 1.165) is 54.9 Å². The number of carbonyl (C=O) groups is 1. The zero-order chi connectivity index (χ0) is 23.8. The topological polar surface area (TPSA) is 79.8 Å². The van der Waals surface area contributed by atoms with E-state index in [-0.39, 0.29) is 11.7 Å². The van der Waals surface area contributed by atoms with E-state index in [9.17, 15) is 4.79 Å². The van der Waals surface area contributed by atoms with Gasteiger partial charge in [-0.1, -0.05) is 23.9 Å². The molecule has 178 valence electrons. The van der Waals surface area contributed by atoms with Crippen molar-refractivity contribution in [2.75, 3.05) is 60.8 Å². The van der Waals surface area contributed by atoms with Gasteiger partial charge in [-0.05, 0) is 49.4 Å². The Morgan fingerprint density at radius 1 is 1.03 bits per heavy atom. The number of hydrogen-bond acceptors (Lipinski definition) is 8. The first-order chi connectivity index (χ1) is 16.7. The highest BCUT2D eigenvalue weighted by Gasteiger charge is 2.21. The smallest absolute Gasteiger partial charge is 0.234 e. The molecular formula is C25H29N5O3S. The summed E-state index contributed by atoms with van der Waals surface area (Å²) in [4.78, 5) is 25.9. The number of ether oxygens (including phenoxy) is 2. The van der Waals surface area contributed by atoms with Crippen molar-refractivity contribution < 1.29 is 14.3 Å². The average molecular weight is 480 g/mol. The van der Waals surface area contributed by atoms with Crippen LogP contribution in [-0.4, -0.2) is 61.5 Å². The Morgan fingerprint density at radius 2 is 1.76 bits per heavy atom. The maximum Gasteiger partial charge on any atom is 0.234 e. The summed E-state index contributed by atoms with van der Waals surface area (Å²) in [6.45, 7) is 5.98. The van der Waals surface area contributed by atoms with Crippen LogP contribution in [0.3, 0.4) is 0 Å². The molecule has 0 spiro atoms. The van der Waals surface area contributed by atoms with Gasteiger partial charge in [-0.15, -0.1) is 0 Å². The minimum atomic E-state index is -0.103. The third-order valence-electron chi connectivity index (χ3n) is 5.43. The number of thioether (sulfide) groups is 1. The Hall–Kier alpha value is -3.46. The summed E-state index contributed by atoms with van der Waals surface area (Å²) in [7, 11) is 1.70.